The molecule has 0 spiro atoms. The van der Waals surface area contributed by atoms with Gasteiger partial charge in [0.2, 0.25) is 0 Å². The van der Waals surface area contributed by atoms with Crippen LogP contribution in [0.3, 0.4) is 0 Å². The smallest absolute Gasteiger partial charge is 0.122 e. The predicted octanol–water partition coefficient (Wildman–Crippen LogP) is 2.90. The van der Waals surface area contributed by atoms with Crippen LogP contribution >= 0.6 is 11.8 Å². The predicted molar refractivity (Wildman–Crippen MR) is 70.1 cm³/mol. The summed E-state index contributed by atoms with van der Waals surface area (Å²) in [6, 6.07) is 4.24. The highest BCUT2D eigenvalue weighted by atomic mass is 32.2. The van der Waals surface area contributed by atoms with Crippen LogP contribution in [0.25, 0.3) is 0 Å². The molecule has 2 rings (SSSR count). The van der Waals surface area contributed by atoms with Crippen molar-refractivity contribution in [3.05, 3.63) is 30.2 Å². The summed E-state index contributed by atoms with van der Waals surface area (Å²) in [5.41, 5.74) is 7.72. The monoisotopic (exact) mass is 248 g/mol. The largest absolute Gasteiger partial charge is 0.395 e. The Hall–Kier alpha value is -1.49. The van der Waals surface area contributed by atoms with Crippen molar-refractivity contribution in [1.82, 2.24) is 14.8 Å². The second-order valence-corrected chi connectivity index (χ2v) is 5.19. The summed E-state index contributed by atoms with van der Waals surface area (Å²) in [5.74, 6) is 0. The fraction of sp³-hybridized carbons (Fsp3) is 0.333. The van der Waals surface area contributed by atoms with E-state index in [-0.39, 0.29) is 0 Å². The Bertz CT molecular complexity index is 505. The number of hydrogen-bond donors (Lipinski definition) is 1. The van der Waals surface area contributed by atoms with E-state index in [0.717, 1.165) is 21.3 Å². The minimum Gasteiger partial charge on any atom is -0.395 e. The van der Waals surface area contributed by atoms with Gasteiger partial charge in [0, 0.05) is 23.3 Å². The molecule has 0 saturated carbocycles. The molecule has 0 aromatic carbocycles. The Morgan fingerprint density at radius 3 is 2.53 bits per heavy atom. The number of anilines is 1. The molecule has 0 saturated heterocycles. The third kappa shape index (κ3) is 2.44. The average Bonchev–Trinajstić information content (AvgIpc) is 2.59. The molecule has 0 unspecified atom stereocenters. The Morgan fingerprint density at radius 2 is 1.94 bits per heavy atom. The Labute approximate surface area is 105 Å². The molecule has 0 radical (unpaired) electrons. The van der Waals surface area contributed by atoms with Gasteiger partial charge in [-0.2, -0.15) is 5.10 Å². The Morgan fingerprint density at radius 1 is 1.29 bits per heavy atom. The van der Waals surface area contributed by atoms with Crippen molar-refractivity contribution in [2.24, 2.45) is 0 Å². The van der Waals surface area contributed by atoms with E-state index >= 15 is 0 Å². The zero-order valence-electron chi connectivity index (χ0n) is 10.2. The van der Waals surface area contributed by atoms with Gasteiger partial charge in [-0.1, -0.05) is 11.8 Å². The van der Waals surface area contributed by atoms with Gasteiger partial charge in [0.15, 0.2) is 0 Å². The molecule has 5 heteroatoms. The first-order chi connectivity index (χ1) is 8.09. The number of rotatable bonds is 3. The molecule has 0 fully saturated rings. The van der Waals surface area contributed by atoms with Crippen LogP contribution in [0.1, 0.15) is 25.6 Å². The van der Waals surface area contributed by atoms with E-state index in [2.05, 4.69) is 23.9 Å². The van der Waals surface area contributed by atoms with Crippen LogP contribution in [0.2, 0.25) is 0 Å². The van der Waals surface area contributed by atoms with E-state index in [1.165, 1.54) is 0 Å². The number of pyridine rings is 1. The molecule has 4 nitrogen and oxygen atoms in total. The van der Waals surface area contributed by atoms with Crippen molar-refractivity contribution in [2.45, 2.75) is 36.7 Å². The molecule has 2 N–H and O–H groups in total. The van der Waals surface area contributed by atoms with E-state index in [4.69, 9.17) is 5.73 Å². The molecule has 0 bridgehead atoms. The van der Waals surface area contributed by atoms with E-state index in [9.17, 15) is 0 Å². The Balaban J connectivity index is 2.38. The fourth-order valence-electron chi connectivity index (χ4n) is 1.51. The first-order valence-electron chi connectivity index (χ1n) is 5.52. The molecule has 17 heavy (non-hydrogen) atoms. The molecule has 0 aliphatic carbocycles. The van der Waals surface area contributed by atoms with E-state index in [0.29, 0.717) is 6.04 Å². The number of nitrogens with zero attached hydrogens (tertiary/aromatic N) is 3. The minimum atomic E-state index is 0.301. The van der Waals surface area contributed by atoms with Gasteiger partial charge in [0.1, 0.15) is 5.03 Å². The van der Waals surface area contributed by atoms with E-state index in [1.54, 1.807) is 24.2 Å². The molecular weight excluding hydrogens is 232 g/mol. The van der Waals surface area contributed by atoms with Gasteiger partial charge in [0.25, 0.3) is 0 Å². The number of nitrogens with two attached hydrogens (primary N) is 1. The lowest BCUT2D eigenvalue weighted by molar-refractivity contribution is 0.491. The standard InChI is InChI=1S/C12H16N4S/c1-8(2)16-12(11(13)9(3)15-16)17-10-4-6-14-7-5-10/h4-8H,13H2,1-3H3. The second kappa shape index (κ2) is 4.79. The molecule has 2 aromatic rings. The molecule has 0 amide bonds. The third-order valence-corrected chi connectivity index (χ3v) is 3.55. The second-order valence-electron chi connectivity index (χ2n) is 4.13. The van der Waals surface area contributed by atoms with Crippen molar-refractivity contribution in [3.63, 3.8) is 0 Å². The van der Waals surface area contributed by atoms with Crippen molar-refractivity contribution in [3.8, 4) is 0 Å². The summed E-state index contributed by atoms with van der Waals surface area (Å²) in [5, 5.41) is 5.46. The third-order valence-electron chi connectivity index (χ3n) is 2.44. The summed E-state index contributed by atoms with van der Waals surface area (Å²) in [4.78, 5) is 5.12. The lowest BCUT2D eigenvalue weighted by atomic mass is 10.4. The number of aromatic nitrogens is 3. The normalized spacial score (nSPS) is 11.1. The number of hydrogen-bond acceptors (Lipinski definition) is 4. The summed E-state index contributed by atoms with van der Waals surface area (Å²) < 4.78 is 1.97. The quantitative estimate of drug-likeness (QED) is 0.907. The SMILES string of the molecule is Cc1nn(C(C)C)c(Sc2ccncc2)c1N. The Kier molecular flexibility index (Phi) is 3.38. The zero-order chi connectivity index (χ0) is 12.4. The lowest BCUT2D eigenvalue weighted by Gasteiger charge is -2.10. The molecule has 2 aromatic heterocycles. The molecule has 0 aliphatic heterocycles. The minimum absolute atomic E-state index is 0.301. The number of aryl methyl sites for hydroxylation is 1. The first-order valence-corrected chi connectivity index (χ1v) is 6.33. The first kappa shape index (κ1) is 12.0. The van der Waals surface area contributed by atoms with Gasteiger partial charge < -0.3 is 5.73 Å². The lowest BCUT2D eigenvalue weighted by Crippen LogP contribution is -2.04. The van der Waals surface area contributed by atoms with Crippen LogP contribution in [0.15, 0.2) is 34.4 Å². The van der Waals surface area contributed by atoms with Crippen molar-refractivity contribution in [1.29, 1.82) is 0 Å². The zero-order valence-corrected chi connectivity index (χ0v) is 11.0. The molecule has 0 atom stereocenters. The summed E-state index contributed by atoms with van der Waals surface area (Å²) in [6.07, 6.45) is 3.56. The van der Waals surface area contributed by atoms with Gasteiger partial charge >= 0.3 is 0 Å². The highest BCUT2D eigenvalue weighted by molar-refractivity contribution is 7.99. The fourth-order valence-corrected chi connectivity index (χ4v) is 2.59. The highest BCUT2D eigenvalue weighted by Gasteiger charge is 2.15. The summed E-state index contributed by atoms with van der Waals surface area (Å²) >= 11 is 1.63. The molecular formula is C12H16N4S. The van der Waals surface area contributed by atoms with E-state index in [1.807, 2.05) is 23.7 Å². The van der Waals surface area contributed by atoms with Crippen LogP contribution in [-0.4, -0.2) is 14.8 Å². The highest BCUT2D eigenvalue weighted by Crippen LogP contribution is 2.34. The summed E-state index contributed by atoms with van der Waals surface area (Å²) in [7, 11) is 0. The molecule has 90 valence electrons. The van der Waals surface area contributed by atoms with Crippen molar-refractivity contribution >= 4 is 17.4 Å². The van der Waals surface area contributed by atoms with Gasteiger partial charge in [-0.05, 0) is 32.9 Å². The maximum atomic E-state index is 6.07. The van der Waals surface area contributed by atoms with Gasteiger partial charge in [-0.15, -0.1) is 0 Å². The summed E-state index contributed by atoms with van der Waals surface area (Å²) in [6.45, 7) is 6.13. The van der Waals surface area contributed by atoms with Crippen molar-refractivity contribution in [2.75, 3.05) is 5.73 Å². The van der Waals surface area contributed by atoms with Crippen LogP contribution < -0.4 is 5.73 Å². The maximum absolute atomic E-state index is 6.07. The van der Waals surface area contributed by atoms with Crippen molar-refractivity contribution < 1.29 is 0 Å². The average molecular weight is 248 g/mol. The topological polar surface area (TPSA) is 56.7 Å². The van der Waals surface area contributed by atoms with Crippen LogP contribution in [0.5, 0.6) is 0 Å². The van der Waals surface area contributed by atoms with Crippen LogP contribution in [0.4, 0.5) is 5.69 Å². The van der Waals surface area contributed by atoms with Gasteiger partial charge in [-0.3, -0.25) is 9.67 Å². The van der Waals surface area contributed by atoms with Crippen LogP contribution in [0, 0.1) is 6.92 Å². The van der Waals surface area contributed by atoms with Crippen LogP contribution in [-0.2, 0) is 0 Å². The maximum Gasteiger partial charge on any atom is 0.122 e. The van der Waals surface area contributed by atoms with Gasteiger partial charge in [0.05, 0.1) is 11.4 Å². The molecule has 0 aliphatic rings. The molecule has 2 heterocycles. The number of nitrogen functional groups attached to an aromatic ring is 1. The van der Waals surface area contributed by atoms with E-state index < -0.39 is 0 Å². The van der Waals surface area contributed by atoms with Gasteiger partial charge in [-0.25, -0.2) is 0 Å².